The van der Waals surface area contributed by atoms with Crippen molar-refractivity contribution in [3.05, 3.63) is 77.7 Å². The van der Waals surface area contributed by atoms with Crippen molar-refractivity contribution in [1.82, 2.24) is 19.4 Å². The first-order valence-corrected chi connectivity index (χ1v) is 15.5. The predicted octanol–water partition coefficient (Wildman–Crippen LogP) is 7.12. The van der Waals surface area contributed by atoms with Crippen molar-refractivity contribution in [2.45, 2.75) is 71.8 Å². The third-order valence-corrected chi connectivity index (χ3v) is 8.37. The molecule has 7 nitrogen and oxygen atoms in total. The van der Waals surface area contributed by atoms with E-state index < -0.39 is 0 Å². The monoisotopic (exact) mass is 565 g/mol. The van der Waals surface area contributed by atoms with Crippen LogP contribution in [0.4, 0.5) is 5.69 Å². The summed E-state index contributed by atoms with van der Waals surface area (Å²) in [7, 11) is 0. The maximum atomic E-state index is 12.1. The first-order chi connectivity index (χ1) is 20.5. The molecular formula is C35H43N5O2. The molecule has 0 unspecified atom stereocenters. The van der Waals surface area contributed by atoms with Crippen molar-refractivity contribution >= 4 is 29.0 Å². The van der Waals surface area contributed by atoms with E-state index in [1.807, 2.05) is 56.3 Å². The lowest BCUT2D eigenvalue weighted by atomic mass is 9.89. The zero-order valence-electron chi connectivity index (χ0n) is 25.2. The van der Waals surface area contributed by atoms with Gasteiger partial charge in [-0.3, -0.25) is 9.59 Å². The fourth-order valence-corrected chi connectivity index (χ4v) is 5.91. The number of nitrogens with one attached hydrogen (secondary N) is 1. The standard InChI is InChI=1S/C35H43N5O2/c1-4-5-15-33-37-31-23-30(27-11-7-6-8-12-27)32(24-41)38-34(31)40(33)19-10-18-39-20-16-26(17-21-39)28-13-9-14-29(22-28)36-35(42)25(2)3/h6-9,11-14,22-26H,4-5,10,15-21H2,1-3H3,(H,36,42). The highest BCUT2D eigenvalue weighted by atomic mass is 16.1. The van der Waals surface area contributed by atoms with Crippen LogP contribution in [-0.2, 0) is 17.8 Å². The molecule has 3 heterocycles. The number of unbranched alkanes of at least 4 members (excludes halogenated alkanes) is 1. The highest BCUT2D eigenvalue weighted by Gasteiger charge is 2.22. The number of carbonyl (C=O) groups is 2. The molecule has 2 aromatic carbocycles. The molecule has 0 aliphatic carbocycles. The van der Waals surface area contributed by atoms with Crippen LogP contribution in [0.5, 0.6) is 0 Å². The Balaban J connectivity index is 1.23. The molecule has 7 heteroatoms. The Morgan fingerprint density at radius 3 is 2.50 bits per heavy atom. The van der Waals surface area contributed by atoms with Crippen molar-refractivity contribution in [2.24, 2.45) is 5.92 Å². The van der Waals surface area contributed by atoms with Crippen LogP contribution in [0.2, 0.25) is 0 Å². The van der Waals surface area contributed by atoms with Crippen LogP contribution >= 0.6 is 0 Å². The molecule has 0 bridgehead atoms. The molecule has 1 amide bonds. The lowest BCUT2D eigenvalue weighted by Gasteiger charge is -2.32. The van der Waals surface area contributed by atoms with Crippen LogP contribution in [0.3, 0.4) is 0 Å². The van der Waals surface area contributed by atoms with Gasteiger partial charge in [-0.25, -0.2) is 9.97 Å². The van der Waals surface area contributed by atoms with Gasteiger partial charge in [0.15, 0.2) is 11.9 Å². The minimum absolute atomic E-state index is 0.0328. The lowest BCUT2D eigenvalue weighted by Crippen LogP contribution is -2.34. The zero-order chi connectivity index (χ0) is 29.5. The van der Waals surface area contributed by atoms with E-state index in [9.17, 15) is 9.59 Å². The number of aryl methyl sites for hydroxylation is 2. The van der Waals surface area contributed by atoms with E-state index in [1.165, 1.54) is 5.56 Å². The average Bonchev–Trinajstić information content (AvgIpc) is 3.36. The second kappa shape index (κ2) is 13.9. The molecule has 1 aliphatic heterocycles. The van der Waals surface area contributed by atoms with Crippen LogP contribution < -0.4 is 5.32 Å². The van der Waals surface area contributed by atoms with Crippen LogP contribution in [-0.4, -0.2) is 51.3 Å². The number of likely N-dealkylation sites (tertiary alicyclic amines) is 1. The minimum Gasteiger partial charge on any atom is -0.326 e. The number of aldehydes is 1. The molecule has 42 heavy (non-hydrogen) atoms. The molecule has 5 rings (SSSR count). The van der Waals surface area contributed by atoms with E-state index in [-0.39, 0.29) is 11.8 Å². The van der Waals surface area contributed by atoms with Gasteiger partial charge in [0.05, 0.1) is 0 Å². The van der Waals surface area contributed by atoms with E-state index in [4.69, 9.17) is 9.97 Å². The maximum absolute atomic E-state index is 12.1. The van der Waals surface area contributed by atoms with Gasteiger partial charge in [-0.2, -0.15) is 0 Å². The number of piperidine rings is 1. The van der Waals surface area contributed by atoms with Gasteiger partial charge < -0.3 is 14.8 Å². The molecule has 0 radical (unpaired) electrons. The van der Waals surface area contributed by atoms with Crippen molar-refractivity contribution < 1.29 is 9.59 Å². The number of benzene rings is 2. The molecule has 1 aliphatic rings. The van der Waals surface area contributed by atoms with Crippen molar-refractivity contribution in [1.29, 1.82) is 0 Å². The van der Waals surface area contributed by atoms with Gasteiger partial charge in [0.2, 0.25) is 5.91 Å². The highest BCUT2D eigenvalue weighted by molar-refractivity contribution is 5.92. The number of hydrogen-bond acceptors (Lipinski definition) is 5. The van der Waals surface area contributed by atoms with E-state index in [2.05, 4.69) is 39.9 Å². The predicted molar refractivity (Wildman–Crippen MR) is 170 cm³/mol. The van der Waals surface area contributed by atoms with Crippen LogP contribution in [0.25, 0.3) is 22.3 Å². The number of anilines is 1. The number of hydrogen-bond donors (Lipinski definition) is 1. The summed E-state index contributed by atoms with van der Waals surface area (Å²) < 4.78 is 2.25. The van der Waals surface area contributed by atoms with Crippen molar-refractivity contribution in [2.75, 3.05) is 25.0 Å². The van der Waals surface area contributed by atoms with Crippen LogP contribution in [0.1, 0.15) is 80.7 Å². The number of aromatic nitrogens is 3. The fourth-order valence-electron chi connectivity index (χ4n) is 5.91. The highest BCUT2D eigenvalue weighted by Crippen LogP contribution is 2.30. The van der Waals surface area contributed by atoms with Gasteiger partial charge in [0.25, 0.3) is 0 Å². The van der Waals surface area contributed by atoms with Gasteiger partial charge in [-0.1, -0.05) is 69.7 Å². The lowest BCUT2D eigenvalue weighted by molar-refractivity contribution is -0.118. The second-order valence-electron chi connectivity index (χ2n) is 11.8. The maximum Gasteiger partial charge on any atom is 0.226 e. The second-order valence-corrected chi connectivity index (χ2v) is 11.8. The van der Waals surface area contributed by atoms with E-state index in [0.29, 0.717) is 11.6 Å². The largest absolute Gasteiger partial charge is 0.326 e. The summed E-state index contributed by atoms with van der Waals surface area (Å²) in [4.78, 5) is 36.6. The SMILES string of the molecule is CCCCc1nc2cc(-c3ccccc3)c(C=O)nc2n1CCCN1CCC(c2cccc(NC(=O)C(C)C)c2)CC1. The summed E-state index contributed by atoms with van der Waals surface area (Å²) in [5, 5.41) is 3.04. The summed E-state index contributed by atoms with van der Waals surface area (Å²) in [5.41, 5.74) is 6.15. The Hall–Kier alpha value is -3.84. The summed E-state index contributed by atoms with van der Waals surface area (Å²) in [5.74, 6) is 1.60. The molecule has 220 valence electrons. The molecule has 0 atom stereocenters. The smallest absolute Gasteiger partial charge is 0.226 e. The Morgan fingerprint density at radius 2 is 1.79 bits per heavy atom. The molecule has 2 aromatic heterocycles. The van der Waals surface area contributed by atoms with Gasteiger partial charge >= 0.3 is 0 Å². The third-order valence-electron chi connectivity index (χ3n) is 8.37. The number of pyridine rings is 1. The van der Waals surface area contributed by atoms with Crippen LogP contribution in [0, 0.1) is 5.92 Å². The Morgan fingerprint density at radius 1 is 1.00 bits per heavy atom. The number of amides is 1. The molecular weight excluding hydrogens is 522 g/mol. The van der Waals surface area contributed by atoms with Gasteiger partial charge in [0.1, 0.15) is 17.0 Å². The summed E-state index contributed by atoms with van der Waals surface area (Å²) in [6.07, 6.45) is 7.19. The molecule has 0 saturated carbocycles. The molecule has 1 N–H and O–H groups in total. The summed E-state index contributed by atoms with van der Waals surface area (Å²) in [6.45, 7) is 10.0. The molecule has 1 saturated heterocycles. The van der Waals surface area contributed by atoms with Crippen molar-refractivity contribution in [3.63, 3.8) is 0 Å². The number of fused-ring (bicyclic) bond motifs is 1. The minimum atomic E-state index is -0.0328. The van der Waals surface area contributed by atoms with Crippen LogP contribution in [0.15, 0.2) is 60.7 Å². The van der Waals surface area contributed by atoms with Gasteiger partial charge in [0, 0.05) is 30.1 Å². The Labute approximate surface area is 249 Å². The summed E-state index contributed by atoms with van der Waals surface area (Å²) in [6, 6.07) is 20.3. The van der Waals surface area contributed by atoms with E-state index in [1.54, 1.807) is 0 Å². The average molecular weight is 566 g/mol. The van der Waals surface area contributed by atoms with Gasteiger partial charge in [-0.05, 0) is 80.6 Å². The first kappa shape index (κ1) is 29.6. The van der Waals surface area contributed by atoms with E-state index >= 15 is 0 Å². The first-order valence-electron chi connectivity index (χ1n) is 15.5. The third kappa shape index (κ3) is 6.96. The van der Waals surface area contributed by atoms with E-state index in [0.717, 1.165) is 105 Å². The Bertz CT molecular complexity index is 1500. The number of rotatable bonds is 12. The number of imidazole rings is 1. The van der Waals surface area contributed by atoms with Gasteiger partial charge in [-0.15, -0.1) is 0 Å². The quantitative estimate of drug-likeness (QED) is 0.185. The zero-order valence-corrected chi connectivity index (χ0v) is 25.2. The normalized spacial score (nSPS) is 14.5. The topological polar surface area (TPSA) is 80.1 Å². The fraction of sp³-hybridized carbons (Fsp3) is 0.429. The molecule has 1 fully saturated rings. The Kier molecular flexibility index (Phi) is 9.80. The molecule has 0 spiro atoms. The summed E-state index contributed by atoms with van der Waals surface area (Å²) >= 11 is 0. The van der Waals surface area contributed by atoms with Crippen molar-refractivity contribution in [3.8, 4) is 11.1 Å². The molecule has 4 aromatic rings. The number of nitrogens with zero attached hydrogens (tertiary/aromatic N) is 4. The number of carbonyl (C=O) groups excluding carboxylic acids is 2.